The van der Waals surface area contributed by atoms with E-state index in [2.05, 4.69) is 31.9 Å². The van der Waals surface area contributed by atoms with E-state index in [1.54, 1.807) is 23.1 Å². The molecule has 1 N–H and O–H groups in total. The lowest BCUT2D eigenvalue weighted by Crippen LogP contribution is -3.00. The Morgan fingerprint density at radius 1 is 1.53 bits per heavy atom. The second-order valence-corrected chi connectivity index (χ2v) is 4.61. The number of aromatic nitrogens is 2. The van der Waals surface area contributed by atoms with Crippen molar-refractivity contribution in [3.8, 4) is 0 Å². The quantitative estimate of drug-likeness (QED) is 0.434. The number of esters is 1. The van der Waals surface area contributed by atoms with E-state index in [1.165, 1.54) is 0 Å². The Bertz CT molecular complexity index is 407. The van der Waals surface area contributed by atoms with Crippen molar-refractivity contribution in [2.75, 3.05) is 6.61 Å². The number of imidazole rings is 1. The van der Waals surface area contributed by atoms with Gasteiger partial charge in [-0.1, -0.05) is 0 Å². The average Bonchev–Trinajstić information content (AvgIpc) is 2.44. The Kier molecular flexibility index (Phi) is 7.54. The zero-order valence-electron chi connectivity index (χ0n) is 9.41. The molecular weight excluding hydrogens is 424 g/mol. The van der Waals surface area contributed by atoms with Gasteiger partial charge in [0.15, 0.2) is 6.54 Å². The molecule has 0 spiro atoms. The van der Waals surface area contributed by atoms with Gasteiger partial charge in [-0.05, 0) is 6.92 Å². The van der Waals surface area contributed by atoms with Gasteiger partial charge >= 0.3 is 5.97 Å². The van der Waals surface area contributed by atoms with Crippen LogP contribution in [0.2, 0.25) is 0 Å². The molecule has 0 aliphatic carbocycles. The molecule has 0 aliphatic heterocycles. The van der Waals surface area contributed by atoms with E-state index < -0.39 is 0 Å². The van der Waals surface area contributed by atoms with Crippen molar-refractivity contribution in [1.82, 2.24) is 4.57 Å². The Labute approximate surface area is 127 Å². The van der Waals surface area contributed by atoms with E-state index in [9.17, 15) is 9.90 Å². The van der Waals surface area contributed by atoms with Gasteiger partial charge < -0.3 is 26.8 Å². The topological polar surface area (TPSA) is 55.3 Å². The molecule has 1 rings (SSSR count). The highest BCUT2D eigenvalue weighted by atomic mass is 79.9. The summed E-state index contributed by atoms with van der Waals surface area (Å²) in [5, 5.41) is 9.24. The molecule has 0 atom stereocenters. The predicted molar refractivity (Wildman–Crippen MR) is 63.6 cm³/mol. The third-order valence-corrected chi connectivity index (χ3v) is 4.38. The van der Waals surface area contributed by atoms with Crippen molar-refractivity contribution in [1.29, 1.82) is 0 Å². The van der Waals surface area contributed by atoms with Gasteiger partial charge in [0.1, 0.15) is 6.61 Å². The zero-order chi connectivity index (χ0) is 12.3. The van der Waals surface area contributed by atoms with Crippen molar-refractivity contribution in [2.45, 2.75) is 20.1 Å². The first-order valence-electron chi connectivity index (χ1n) is 4.71. The molecule has 5 nitrogen and oxygen atoms in total. The van der Waals surface area contributed by atoms with Gasteiger partial charge in [0, 0.05) is 31.9 Å². The molecule has 1 heterocycles. The number of hydrogen-bond donors (Lipinski definition) is 1. The maximum atomic E-state index is 11.4. The average molecular weight is 437 g/mol. The van der Waals surface area contributed by atoms with Gasteiger partial charge in [-0.2, -0.15) is 0 Å². The molecule has 0 bridgehead atoms. The predicted octanol–water partition coefficient (Wildman–Crippen LogP) is -2.10. The second-order valence-electron chi connectivity index (χ2n) is 3.11. The summed E-state index contributed by atoms with van der Waals surface area (Å²) >= 11 is 6.70. The van der Waals surface area contributed by atoms with Crippen LogP contribution >= 0.6 is 31.9 Å². The van der Waals surface area contributed by atoms with Crippen LogP contribution < -0.4 is 21.5 Å². The van der Waals surface area contributed by atoms with E-state index in [0.29, 0.717) is 17.0 Å². The van der Waals surface area contributed by atoms with Gasteiger partial charge in [0.25, 0.3) is 5.82 Å². The van der Waals surface area contributed by atoms with Crippen LogP contribution in [0.1, 0.15) is 12.7 Å². The van der Waals surface area contributed by atoms with Gasteiger partial charge in [0.2, 0.25) is 9.21 Å². The highest BCUT2D eigenvalue weighted by molar-refractivity contribution is 9.13. The van der Waals surface area contributed by atoms with Crippen LogP contribution in [0, 0.1) is 0 Å². The smallest absolute Gasteiger partial charge is 0.348 e. The summed E-state index contributed by atoms with van der Waals surface area (Å²) in [6.45, 7) is 2.02. The van der Waals surface area contributed by atoms with Gasteiger partial charge in [-0.15, -0.1) is 0 Å². The minimum atomic E-state index is -0.332. The van der Waals surface area contributed by atoms with Crippen molar-refractivity contribution in [3.63, 3.8) is 0 Å². The first-order chi connectivity index (χ1) is 7.52. The lowest BCUT2D eigenvalue weighted by Gasteiger charge is -2.01. The highest BCUT2D eigenvalue weighted by Gasteiger charge is 2.26. The van der Waals surface area contributed by atoms with Crippen LogP contribution in [0.4, 0.5) is 0 Å². The van der Waals surface area contributed by atoms with Gasteiger partial charge in [-0.25, -0.2) is 13.9 Å². The number of aliphatic hydroxyl groups is 1. The van der Waals surface area contributed by atoms with Crippen molar-refractivity contribution >= 4 is 37.8 Å². The summed E-state index contributed by atoms with van der Waals surface area (Å²) in [4.78, 5) is 11.4. The van der Waals surface area contributed by atoms with Crippen molar-refractivity contribution in [3.05, 3.63) is 15.0 Å². The molecule has 0 fully saturated rings. The van der Waals surface area contributed by atoms with E-state index in [4.69, 9.17) is 4.74 Å². The molecule has 0 aromatic carbocycles. The first-order valence-corrected chi connectivity index (χ1v) is 6.30. The monoisotopic (exact) mass is 434 g/mol. The summed E-state index contributed by atoms with van der Waals surface area (Å²) in [7, 11) is 1.79. The lowest BCUT2D eigenvalue weighted by molar-refractivity contribution is -0.691. The number of carbonyl (C=O) groups excluding carboxylic acids is 1. The molecule has 0 amide bonds. The summed E-state index contributed by atoms with van der Waals surface area (Å²) in [5.41, 5.74) is 0. The third-order valence-electron chi connectivity index (χ3n) is 2.13. The molecule has 0 radical (unpaired) electrons. The van der Waals surface area contributed by atoms with Gasteiger partial charge in [0.05, 0.1) is 13.7 Å². The fourth-order valence-electron chi connectivity index (χ4n) is 1.35. The van der Waals surface area contributed by atoms with E-state index >= 15 is 0 Å². The SMILES string of the molecule is CCOC(=O)Cn1c(Br)c(Br)[n+](C)c1CO.[Br-]. The number of aliphatic hydroxyl groups excluding tert-OH is 1. The number of carbonyl (C=O) groups is 1. The van der Waals surface area contributed by atoms with Crippen LogP contribution in [0.25, 0.3) is 0 Å². The Hall–Kier alpha value is 0.0800. The summed E-state index contributed by atoms with van der Waals surface area (Å²) in [6, 6.07) is 0. The van der Waals surface area contributed by atoms with E-state index in [-0.39, 0.29) is 36.1 Å². The third kappa shape index (κ3) is 3.77. The Balaban J connectivity index is 0.00000256. The second kappa shape index (κ2) is 7.50. The Morgan fingerprint density at radius 2 is 2.12 bits per heavy atom. The molecule has 0 unspecified atom stereocenters. The maximum Gasteiger partial charge on any atom is 0.348 e. The molecule has 0 saturated carbocycles. The fourth-order valence-corrected chi connectivity index (χ4v) is 2.36. The van der Waals surface area contributed by atoms with Crippen molar-refractivity contribution < 1.29 is 36.2 Å². The molecule has 0 saturated heterocycles. The summed E-state index contributed by atoms with van der Waals surface area (Å²) in [6.07, 6.45) is 0. The normalized spacial score (nSPS) is 9.94. The minimum absolute atomic E-state index is 0. The van der Waals surface area contributed by atoms with Crippen LogP contribution in [-0.2, 0) is 29.7 Å². The number of nitrogens with zero attached hydrogens (tertiary/aromatic N) is 2. The number of ether oxygens (including phenoxy) is 1. The number of halogens is 3. The molecule has 98 valence electrons. The van der Waals surface area contributed by atoms with Crippen molar-refractivity contribution in [2.24, 2.45) is 7.05 Å². The number of hydrogen-bond acceptors (Lipinski definition) is 3. The first kappa shape index (κ1) is 17.1. The maximum absolute atomic E-state index is 11.4. The minimum Gasteiger partial charge on any atom is -1.00 e. The molecule has 8 heteroatoms. The van der Waals surface area contributed by atoms with Crippen LogP contribution in [0.3, 0.4) is 0 Å². The van der Waals surface area contributed by atoms with Crippen LogP contribution in [0.5, 0.6) is 0 Å². The molecule has 1 aromatic rings. The molecule has 1 aromatic heterocycles. The van der Waals surface area contributed by atoms with E-state index in [1.807, 2.05) is 0 Å². The van der Waals surface area contributed by atoms with Crippen LogP contribution in [-0.4, -0.2) is 22.2 Å². The fraction of sp³-hybridized carbons (Fsp3) is 0.556. The molecule has 0 aliphatic rings. The Morgan fingerprint density at radius 3 is 2.59 bits per heavy atom. The summed E-state index contributed by atoms with van der Waals surface area (Å²) < 4.78 is 9.74. The molecule has 17 heavy (non-hydrogen) atoms. The number of rotatable bonds is 4. The van der Waals surface area contributed by atoms with E-state index in [0.717, 1.165) is 4.60 Å². The van der Waals surface area contributed by atoms with Crippen LogP contribution in [0.15, 0.2) is 9.21 Å². The lowest BCUT2D eigenvalue weighted by atomic mass is 10.5. The standard InChI is InChI=1S/C9H13Br2N2O3.BrH/c1-3-16-7(15)4-13-6(5-14)12(2)8(10)9(13)11;/h14H,3-5H2,1-2H3;1H/q+1;/p-1. The highest BCUT2D eigenvalue weighted by Crippen LogP contribution is 2.22. The largest absolute Gasteiger partial charge is 1.00 e. The summed E-state index contributed by atoms with van der Waals surface area (Å²) in [5.74, 6) is 0.285. The van der Waals surface area contributed by atoms with Gasteiger partial charge in [-0.3, -0.25) is 0 Å². The zero-order valence-corrected chi connectivity index (χ0v) is 14.2. The molecular formula is C9H13Br3N2O3.